The lowest BCUT2D eigenvalue weighted by Crippen LogP contribution is -2.43. The quantitative estimate of drug-likeness (QED) is 0.0958. The molecule has 7 N–H and O–H groups in total. The van der Waals surface area contributed by atoms with Gasteiger partial charge < -0.3 is 50.5 Å². The van der Waals surface area contributed by atoms with Gasteiger partial charge in [0.2, 0.25) is 5.95 Å². The normalized spacial score (nSPS) is 21.0. The fraction of sp³-hybridized carbons (Fsp3) is 0.308. The van der Waals surface area contributed by atoms with Gasteiger partial charge in [0.1, 0.15) is 29.8 Å². The molecule has 0 bridgehead atoms. The van der Waals surface area contributed by atoms with E-state index in [9.17, 15) is 25.2 Å². The van der Waals surface area contributed by atoms with Crippen molar-refractivity contribution in [2.45, 2.75) is 56.1 Å². The highest BCUT2D eigenvalue weighted by Gasteiger charge is 2.47. The molecule has 8 rings (SSSR count). The number of carbonyl (C=O) groups excluding carboxylic acids is 1. The van der Waals surface area contributed by atoms with Crippen LogP contribution >= 0.6 is 0 Å². The minimum Gasteiger partial charge on any atom is -0.508 e. The second-order valence-electron chi connectivity index (χ2n) is 13.7. The largest absolute Gasteiger partial charge is 0.508 e. The molecule has 0 aliphatic carbocycles. The van der Waals surface area contributed by atoms with Gasteiger partial charge in [-0.25, -0.2) is 9.78 Å². The van der Waals surface area contributed by atoms with E-state index in [-0.39, 0.29) is 48.3 Å². The topological polar surface area (TPSA) is 216 Å². The molecule has 2 fully saturated rings. The Hall–Kier alpha value is -6.07. The standard InChI is InChI=1S/C39H41N9O7/c49-21-27-17-30(55-46-27)34-32(51)33(52)37(54-34)48-22-42-31-35(40-19-29(24-9-3-1-4-10-24)25-11-5-2-6-12-25)44-38(45-36(31)48)47-15-14-26(20-47)43-39(53)41-18-23-8-7-13-28(50)16-23/h1-13,16-17,22,26,29,32-34,37,49-52H,14-15,18-21H2,(H,40,44,45)(H2,41,43,53)/t26?,32-,33+,34+,37+/m0/s1. The van der Waals surface area contributed by atoms with E-state index < -0.39 is 24.5 Å². The van der Waals surface area contributed by atoms with Gasteiger partial charge in [-0.3, -0.25) is 4.57 Å². The van der Waals surface area contributed by atoms with Gasteiger partial charge in [0.25, 0.3) is 0 Å². The van der Waals surface area contributed by atoms with E-state index in [0.717, 1.165) is 16.7 Å². The number of hydrogen-bond donors (Lipinski definition) is 7. The average molecular weight is 748 g/mol. The van der Waals surface area contributed by atoms with Gasteiger partial charge in [-0.2, -0.15) is 9.97 Å². The van der Waals surface area contributed by atoms with E-state index in [2.05, 4.69) is 50.4 Å². The van der Waals surface area contributed by atoms with Gasteiger partial charge in [0.05, 0.1) is 12.9 Å². The molecule has 1 unspecified atom stereocenters. The van der Waals surface area contributed by atoms with Crippen LogP contribution in [0.1, 0.15) is 52.8 Å². The molecule has 3 aromatic heterocycles. The molecule has 16 heteroatoms. The smallest absolute Gasteiger partial charge is 0.315 e. The number of benzene rings is 3. The number of amides is 2. The molecule has 2 saturated heterocycles. The van der Waals surface area contributed by atoms with E-state index in [4.69, 9.17) is 19.2 Å². The first-order valence-electron chi connectivity index (χ1n) is 18.1. The highest BCUT2D eigenvalue weighted by molar-refractivity contribution is 5.84. The van der Waals surface area contributed by atoms with Gasteiger partial charge in [0.15, 0.2) is 29.0 Å². The van der Waals surface area contributed by atoms with E-state index in [1.165, 1.54) is 12.4 Å². The van der Waals surface area contributed by atoms with Gasteiger partial charge in [-0.05, 0) is 35.2 Å². The third-order valence-electron chi connectivity index (χ3n) is 9.99. The number of aromatic nitrogens is 5. The lowest BCUT2D eigenvalue weighted by Gasteiger charge is -2.22. The fourth-order valence-corrected chi connectivity index (χ4v) is 7.16. The fourth-order valence-electron chi connectivity index (χ4n) is 7.16. The van der Waals surface area contributed by atoms with E-state index >= 15 is 0 Å². The van der Waals surface area contributed by atoms with Crippen LogP contribution in [0.15, 0.2) is 102 Å². The number of imidazole rings is 1. The summed E-state index contributed by atoms with van der Waals surface area (Å²) in [6, 6.07) is 28.0. The molecule has 6 aromatic rings. The van der Waals surface area contributed by atoms with Crippen LogP contribution in [0.5, 0.6) is 5.75 Å². The SMILES string of the molecule is O=C(NCc1cccc(O)c1)NC1CCN(c2nc(NCC(c3ccccc3)c3ccccc3)c3ncn([C@@H]4O[C@H](c5cc(CO)no5)[C@@H](O)[C@H]4O)c3n2)C1. The summed E-state index contributed by atoms with van der Waals surface area (Å²) in [4.78, 5) is 29.4. The predicted octanol–water partition coefficient (Wildman–Crippen LogP) is 3.33. The Labute approximate surface area is 315 Å². The first kappa shape index (κ1) is 35.9. The molecule has 55 heavy (non-hydrogen) atoms. The van der Waals surface area contributed by atoms with Crippen molar-refractivity contribution < 1.29 is 34.5 Å². The highest BCUT2D eigenvalue weighted by Crippen LogP contribution is 2.41. The summed E-state index contributed by atoms with van der Waals surface area (Å²) in [5, 5.41) is 54.7. The average Bonchev–Trinajstić information content (AvgIpc) is 4.02. The summed E-state index contributed by atoms with van der Waals surface area (Å²) >= 11 is 0. The van der Waals surface area contributed by atoms with Gasteiger partial charge in [-0.15, -0.1) is 0 Å². The number of rotatable bonds is 12. The summed E-state index contributed by atoms with van der Waals surface area (Å²) in [7, 11) is 0. The number of aliphatic hydroxyl groups is 3. The zero-order chi connectivity index (χ0) is 37.9. The number of aromatic hydroxyl groups is 1. The van der Waals surface area contributed by atoms with Crippen molar-refractivity contribution >= 4 is 29.0 Å². The molecule has 5 heterocycles. The summed E-state index contributed by atoms with van der Waals surface area (Å²) in [6.07, 6.45) is -2.80. The van der Waals surface area contributed by atoms with Crippen molar-refractivity contribution in [2.24, 2.45) is 0 Å². The molecule has 5 atom stereocenters. The molecule has 0 saturated carbocycles. The number of ether oxygens (including phenoxy) is 1. The lowest BCUT2D eigenvalue weighted by molar-refractivity contribution is -0.0434. The molecule has 0 spiro atoms. The number of anilines is 2. The minimum absolute atomic E-state index is 0.0294. The van der Waals surface area contributed by atoms with E-state index in [1.807, 2.05) is 47.4 Å². The summed E-state index contributed by atoms with van der Waals surface area (Å²) in [5.74, 6) is 1.10. The molecule has 2 aliphatic rings. The van der Waals surface area contributed by atoms with Crippen LogP contribution < -0.4 is 20.9 Å². The highest BCUT2D eigenvalue weighted by atomic mass is 16.6. The molecular weight excluding hydrogens is 706 g/mol. The van der Waals surface area contributed by atoms with Crippen molar-refractivity contribution in [2.75, 3.05) is 29.9 Å². The third-order valence-corrected chi connectivity index (χ3v) is 9.99. The lowest BCUT2D eigenvalue weighted by atomic mass is 9.91. The second-order valence-corrected chi connectivity index (χ2v) is 13.7. The number of phenols is 1. The number of nitrogens with one attached hydrogen (secondary N) is 3. The molecule has 16 nitrogen and oxygen atoms in total. The molecule has 3 aromatic carbocycles. The van der Waals surface area contributed by atoms with Crippen molar-refractivity contribution in [3.63, 3.8) is 0 Å². The first-order chi connectivity index (χ1) is 26.8. The maximum Gasteiger partial charge on any atom is 0.315 e. The van der Waals surface area contributed by atoms with Crippen LogP contribution in [0.3, 0.4) is 0 Å². The molecule has 0 radical (unpaired) electrons. The predicted molar refractivity (Wildman–Crippen MR) is 200 cm³/mol. The zero-order valence-electron chi connectivity index (χ0n) is 29.6. The number of nitrogens with zero attached hydrogens (tertiary/aromatic N) is 6. The number of carbonyl (C=O) groups is 1. The van der Waals surface area contributed by atoms with Crippen molar-refractivity contribution in [1.29, 1.82) is 0 Å². The van der Waals surface area contributed by atoms with Gasteiger partial charge in [-0.1, -0.05) is 78.0 Å². The Morgan fingerprint density at radius 1 is 0.945 bits per heavy atom. The van der Waals surface area contributed by atoms with Crippen LogP contribution in [0.4, 0.5) is 16.6 Å². The Balaban J connectivity index is 1.07. The van der Waals surface area contributed by atoms with Crippen LogP contribution in [0.25, 0.3) is 11.2 Å². The maximum atomic E-state index is 12.8. The van der Waals surface area contributed by atoms with Crippen molar-refractivity contribution in [3.05, 3.63) is 125 Å². The van der Waals surface area contributed by atoms with E-state index in [1.54, 1.807) is 22.8 Å². The van der Waals surface area contributed by atoms with Crippen LogP contribution in [0, 0.1) is 0 Å². The Kier molecular flexibility index (Phi) is 10.3. The molecular formula is C39H41N9O7. The van der Waals surface area contributed by atoms with Crippen molar-refractivity contribution in [3.8, 4) is 5.75 Å². The minimum atomic E-state index is -1.39. The maximum absolute atomic E-state index is 12.8. The molecule has 284 valence electrons. The monoisotopic (exact) mass is 747 g/mol. The summed E-state index contributed by atoms with van der Waals surface area (Å²) < 4.78 is 13.0. The van der Waals surface area contributed by atoms with Crippen LogP contribution in [0.2, 0.25) is 0 Å². The third kappa shape index (κ3) is 7.65. The summed E-state index contributed by atoms with van der Waals surface area (Å²) in [5.41, 5.74) is 4.06. The molecule has 2 aliphatic heterocycles. The van der Waals surface area contributed by atoms with E-state index in [0.29, 0.717) is 49.0 Å². The Bertz CT molecular complexity index is 2200. The summed E-state index contributed by atoms with van der Waals surface area (Å²) in [6.45, 7) is 1.35. The van der Waals surface area contributed by atoms with Gasteiger partial charge in [0, 0.05) is 44.2 Å². The van der Waals surface area contributed by atoms with Gasteiger partial charge >= 0.3 is 6.03 Å². The number of urea groups is 1. The number of hydrogen-bond acceptors (Lipinski definition) is 13. The number of aliphatic hydroxyl groups excluding tert-OH is 3. The Morgan fingerprint density at radius 2 is 1.71 bits per heavy atom. The second kappa shape index (κ2) is 15.7. The number of fused-ring (bicyclic) bond motifs is 1. The Morgan fingerprint density at radius 3 is 2.42 bits per heavy atom. The first-order valence-corrected chi connectivity index (χ1v) is 18.1. The van der Waals surface area contributed by atoms with Crippen LogP contribution in [-0.4, -0.2) is 89.0 Å². The van der Waals surface area contributed by atoms with Crippen LogP contribution in [-0.2, 0) is 17.9 Å². The zero-order valence-corrected chi connectivity index (χ0v) is 29.6. The van der Waals surface area contributed by atoms with Crippen molar-refractivity contribution in [1.82, 2.24) is 35.3 Å². The number of phenolic OH excluding ortho intramolecular Hbond substituents is 1. The molecule has 2 amide bonds.